The van der Waals surface area contributed by atoms with Crippen molar-refractivity contribution in [3.8, 4) is 0 Å². The van der Waals surface area contributed by atoms with Crippen LogP contribution in [-0.4, -0.2) is 18.0 Å². The normalized spacial score (nSPS) is 12.8. The average molecular weight is 272 g/mol. The van der Waals surface area contributed by atoms with Crippen molar-refractivity contribution in [3.63, 3.8) is 0 Å². The Morgan fingerprint density at radius 1 is 0.684 bits per heavy atom. The van der Waals surface area contributed by atoms with Crippen LogP contribution in [0, 0.1) is 0 Å². The first kappa shape index (κ1) is 18.9. The maximum absolute atomic E-state index is 9.50. The number of hydrogen-bond donors (Lipinski definition) is 1. The van der Waals surface area contributed by atoms with Gasteiger partial charge in [-0.05, 0) is 19.3 Å². The molecule has 19 heavy (non-hydrogen) atoms. The van der Waals surface area contributed by atoms with Gasteiger partial charge in [-0.1, -0.05) is 78.1 Å². The lowest BCUT2D eigenvalue weighted by molar-refractivity contribution is -0.105. The number of hydrogen-bond acceptors (Lipinski definition) is 2. The summed E-state index contributed by atoms with van der Waals surface area (Å²) in [6.07, 6.45) is 15.8. The molecule has 0 aromatic rings. The van der Waals surface area contributed by atoms with Gasteiger partial charge in [0, 0.05) is 6.61 Å². The Bertz CT molecular complexity index is 159. The minimum Gasteiger partial charge on any atom is -0.368 e. The summed E-state index contributed by atoms with van der Waals surface area (Å²) >= 11 is 0. The van der Waals surface area contributed by atoms with Gasteiger partial charge >= 0.3 is 0 Å². The molecule has 1 atom stereocenters. The lowest BCUT2D eigenvalue weighted by Gasteiger charge is -2.11. The van der Waals surface area contributed by atoms with Crippen LogP contribution in [0.5, 0.6) is 0 Å². The van der Waals surface area contributed by atoms with Crippen molar-refractivity contribution >= 4 is 0 Å². The molecule has 2 nitrogen and oxygen atoms in total. The van der Waals surface area contributed by atoms with E-state index in [0.717, 1.165) is 32.3 Å². The Kier molecular flexibility index (Phi) is 15.9. The third kappa shape index (κ3) is 15.9. The predicted molar refractivity (Wildman–Crippen MR) is 83.3 cm³/mol. The first-order chi connectivity index (χ1) is 9.31. The number of aliphatic hydroxyl groups excluding tert-OH is 1. The topological polar surface area (TPSA) is 29.5 Å². The molecule has 0 saturated heterocycles. The van der Waals surface area contributed by atoms with Crippen LogP contribution in [0.25, 0.3) is 0 Å². The van der Waals surface area contributed by atoms with Gasteiger partial charge in [0.05, 0.1) is 0 Å². The molecule has 0 radical (unpaired) electrons. The van der Waals surface area contributed by atoms with E-state index in [4.69, 9.17) is 4.74 Å². The van der Waals surface area contributed by atoms with Gasteiger partial charge in [0.2, 0.25) is 0 Å². The second kappa shape index (κ2) is 16.0. The third-order valence-corrected chi connectivity index (χ3v) is 3.61. The minimum atomic E-state index is -0.529. The van der Waals surface area contributed by atoms with Crippen LogP contribution in [0.4, 0.5) is 0 Å². The zero-order chi connectivity index (χ0) is 14.2. The van der Waals surface area contributed by atoms with Crippen molar-refractivity contribution in [2.75, 3.05) is 6.61 Å². The van der Waals surface area contributed by atoms with E-state index < -0.39 is 6.29 Å². The number of aliphatic hydroxyl groups is 1. The Morgan fingerprint density at radius 2 is 1.16 bits per heavy atom. The zero-order valence-corrected chi connectivity index (χ0v) is 13.3. The molecule has 0 aromatic carbocycles. The Balaban J connectivity index is 3.02. The summed E-state index contributed by atoms with van der Waals surface area (Å²) < 4.78 is 5.37. The average Bonchev–Trinajstić information content (AvgIpc) is 2.42. The Morgan fingerprint density at radius 3 is 1.68 bits per heavy atom. The largest absolute Gasteiger partial charge is 0.368 e. The molecule has 0 aliphatic heterocycles. The molecule has 0 aliphatic rings. The van der Waals surface area contributed by atoms with Crippen LogP contribution in [0.3, 0.4) is 0 Å². The molecule has 0 aromatic heterocycles. The molecule has 0 bridgehead atoms. The van der Waals surface area contributed by atoms with Gasteiger partial charge in [-0.2, -0.15) is 0 Å². The third-order valence-electron chi connectivity index (χ3n) is 3.61. The van der Waals surface area contributed by atoms with Gasteiger partial charge in [-0.15, -0.1) is 0 Å². The highest BCUT2D eigenvalue weighted by molar-refractivity contribution is 4.48. The van der Waals surface area contributed by atoms with Gasteiger partial charge in [0.1, 0.15) is 0 Å². The van der Waals surface area contributed by atoms with E-state index in [2.05, 4.69) is 13.8 Å². The van der Waals surface area contributed by atoms with Crippen molar-refractivity contribution < 1.29 is 9.84 Å². The zero-order valence-electron chi connectivity index (χ0n) is 13.3. The molecule has 2 heteroatoms. The summed E-state index contributed by atoms with van der Waals surface area (Å²) in [5, 5.41) is 9.50. The Labute approximate surface area is 120 Å². The molecule has 0 aliphatic carbocycles. The Hall–Kier alpha value is -0.0800. The van der Waals surface area contributed by atoms with Crippen LogP contribution < -0.4 is 0 Å². The van der Waals surface area contributed by atoms with Gasteiger partial charge < -0.3 is 9.84 Å². The summed E-state index contributed by atoms with van der Waals surface area (Å²) in [5.74, 6) is 0. The molecular weight excluding hydrogens is 236 g/mol. The van der Waals surface area contributed by atoms with Crippen molar-refractivity contribution in [1.29, 1.82) is 0 Å². The highest BCUT2D eigenvalue weighted by Gasteiger charge is 2.02. The lowest BCUT2D eigenvalue weighted by Crippen LogP contribution is -2.12. The van der Waals surface area contributed by atoms with Gasteiger partial charge in [0.25, 0.3) is 0 Å². The van der Waals surface area contributed by atoms with Crippen molar-refractivity contribution in [1.82, 2.24) is 0 Å². The summed E-state index contributed by atoms with van der Waals surface area (Å²) in [5.41, 5.74) is 0. The fourth-order valence-corrected chi connectivity index (χ4v) is 2.27. The molecular formula is C17H36O2. The highest BCUT2D eigenvalue weighted by Crippen LogP contribution is 2.11. The molecule has 116 valence electrons. The van der Waals surface area contributed by atoms with E-state index in [1.54, 1.807) is 0 Å². The fraction of sp³-hybridized carbons (Fsp3) is 1.00. The minimum absolute atomic E-state index is 0.529. The van der Waals surface area contributed by atoms with Crippen molar-refractivity contribution in [2.45, 2.75) is 104 Å². The van der Waals surface area contributed by atoms with E-state index in [-0.39, 0.29) is 0 Å². The summed E-state index contributed by atoms with van der Waals surface area (Å²) in [4.78, 5) is 0. The molecule has 0 saturated carbocycles. The molecule has 1 unspecified atom stereocenters. The second-order valence-corrected chi connectivity index (χ2v) is 5.65. The van der Waals surface area contributed by atoms with Gasteiger partial charge in [-0.3, -0.25) is 0 Å². The highest BCUT2D eigenvalue weighted by atomic mass is 16.6. The summed E-state index contributed by atoms with van der Waals surface area (Å²) in [6.45, 7) is 5.12. The van der Waals surface area contributed by atoms with Crippen LogP contribution in [0.15, 0.2) is 0 Å². The molecule has 0 heterocycles. The fourth-order valence-electron chi connectivity index (χ4n) is 2.27. The second-order valence-electron chi connectivity index (χ2n) is 5.65. The first-order valence-corrected chi connectivity index (χ1v) is 8.61. The first-order valence-electron chi connectivity index (χ1n) is 8.61. The molecule has 0 amide bonds. The van der Waals surface area contributed by atoms with Crippen LogP contribution >= 0.6 is 0 Å². The maximum atomic E-state index is 9.50. The lowest BCUT2D eigenvalue weighted by atomic mass is 10.1. The monoisotopic (exact) mass is 272 g/mol. The van der Waals surface area contributed by atoms with Crippen molar-refractivity contribution in [2.24, 2.45) is 0 Å². The molecule has 0 fully saturated rings. The van der Waals surface area contributed by atoms with E-state index in [0.29, 0.717) is 0 Å². The predicted octanol–water partition coefficient (Wildman–Crippen LogP) is 5.43. The SMILES string of the molecule is CCCCCCCCCCCCOC(O)CCCC. The van der Waals surface area contributed by atoms with E-state index >= 15 is 0 Å². The van der Waals surface area contributed by atoms with Crippen molar-refractivity contribution in [3.05, 3.63) is 0 Å². The smallest absolute Gasteiger partial charge is 0.154 e. The van der Waals surface area contributed by atoms with Crippen LogP contribution in [-0.2, 0) is 4.74 Å². The number of ether oxygens (including phenoxy) is 1. The van der Waals surface area contributed by atoms with E-state index in [9.17, 15) is 5.11 Å². The molecule has 0 spiro atoms. The van der Waals surface area contributed by atoms with Gasteiger partial charge in [0.15, 0.2) is 6.29 Å². The molecule has 0 rings (SSSR count). The van der Waals surface area contributed by atoms with Crippen LogP contribution in [0.1, 0.15) is 97.3 Å². The maximum Gasteiger partial charge on any atom is 0.154 e. The molecule has 1 N–H and O–H groups in total. The van der Waals surface area contributed by atoms with E-state index in [1.807, 2.05) is 0 Å². The van der Waals surface area contributed by atoms with Gasteiger partial charge in [-0.25, -0.2) is 0 Å². The summed E-state index contributed by atoms with van der Waals surface area (Å²) in [6, 6.07) is 0. The summed E-state index contributed by atoms with van der Waals surface area (Å²) in [7, 11) is 0. The number of unbranched alkanes of at least 4 members (excludes halogenated alkanes) is 10. The van der Waals surface area contributed by atoms with Crippen LogP contribution in [0.2, 0.25) is 0 Å². The standard InChI is InChI=1S/C17H36O2/c1-3-5-7-8-9-10-11-12-13-14-16-19-17(18)15-6-4-2/h17-18H,3-16H2,1-2H3. The quantitative estimate of drug-likeness (QED) is 0.318. The number of rotatable bonds is 15. The van der Waals surface area contributed by atoms with E-state index in [1.165, 1.54) is 57.8 Å².